The molecule has 0 bridgehead atoms. The maximum absolute atomic E-state index is 12.6. The van der Waals surface area contributed by atoms with Crippen molar-refractivity contribution in [3.8, 4) is 5.75 Å². The van der Waals surface area contributed by atoms with Gasteiger partial charge in [-0.05, 0) is 49.1 Å². The molecular weight excluding hydrogens is 435 g/mol. The van der Waals surface area contributed by atoms with Crippen molar-refractivity contribution in [2.24, 2.45) is 5.92 Å². The summed E-state index contributed by atoms with van der Waals surface area (Å²) in [5.74, 6) is 0.533. The second-order valence-electron chi connectivity index (χ2n) is 7.95. The molecule has 3 aromatic rings. The Hall–Kier alpha value is -3.56. The first-order chi connectivity index (χ1) is 15.9. The van der Waals surface area contributed by atoms with Crippen LogP contribution in [0, 0.1) is 5.92 Å². The predicted molar refractivity (Wildman–Crippen MR) is 114 cm³/mol. The van der Waals surface area contributed by atoms with Crippen LogP contribution in [-0.2, 0) is 24.1 Å². The van der Waals surface area contributed by atoms with Crippen molar-refractivity contribution in [3.63, 3.8) is 0 Å². The van der Waals surface area contributed by atoms with Crippen molar-refractivity contribution in [2.75, 3.05) is 18.0 Å². The zero-order valence-electron chi connectivity index (χ0n) is 17.7. The number of hydrogen-bond acceptors (Lipinski definition) is 7. The molecule has 0 spiro atoms. The van der Waals surface area contributed by atoms with Crippen LogP contribution in [0.4, 0.5) is 19.0 Å². The van der Waals surface area contributed by atoms with E-state index in [2.05, 4.69) is 30.0 Å². The van der Waals surface area contributed by atoms with Crippen molar-refractivity contribution in [3.05, 3.63) is 71.7 Å². The molecule has 1 aliphatic heterocycles. The quantitative estimate of drug-likeness (QED) is 0.511. The average Bonchev–Trinajstić information content (AvgIpc) is 3.24. The lowest BCUT2D eigenvalue weighted by molar-refractivity contribution is -0.274. The van der Waals surface area contributed by atoms with Gasteiger partial charge in [0, 0.05) is 31.3 Å². The van der Waals surface area contributed by atoms with Gasteiger partial charge in [-0.15, -0.1) is 18.3 Å². The van der Waals surface area contributed by atoms with E-state index in [0.717, 1.165) is 37.4 Å². The number of carbonyl (C=O) groups is 1. The maximum Gasteiger partial charge on any atom is 0.573 e. The van der Waals surface area contributed by atoms with Crippen molar-refractivity contribution in [1.29, 1.82) is 0 Å². The Kier molecular flexibility index (Phi) is 6.81. The number of ether oxygens (including phenoxy) is 1. The summed E-state index contributed by atoms with van der Waals surface area (Å²) >= 11 is 0. The monoisotopic (exact) mass is 457 g/mol. The Balaban J connectivity index is 1.32. The minimum atomic E-state index is -4.82. The van der Waals surface area contributed by atoms with E-state index >= 15 is 0 Å². The molecule has 0 unspecified atom stereocenters. The normalized spacial score (nSPS) is 16.1. The Morgan fingerprint density at radius 3 is 2.58 bits per heavy atom. The standard InChI is InChI=1S/C23H22F3N5O2/c24-23(25,26)33-21-6-2-1-4-17(21)13-20(32)14-19-7-8-22(30-29-19)31-11-9-16(15-31)12-18-5-3-10-27-28-18/h1-8,10,16H,9,11-15H2/t16-/m0/s1. The van der Waals surface area contributed by atoms with E-state index in [9.17, 15) is 18.0 Å². The van der Waals surface area contributed by atoms with Gasteiger partial charge in [-0.3, -0.25) is 4.79 Å². The van der Waals surface area contributed by atoms with E-state index in [0.29, 0.717) is 11.6 Å². The Morgan fingerprint density at radius 1 is 1.00 bits per heavy atom. The molecule has 0 aliphatic carbocycles. The highest BCUT2D eigenvalue weighted by Gasteiger charge is 2.32. The molecular formula is C23H22F3N5O2. The molecule has 3 heterocycles. The molecule has 1 saturated heterocycles. The summed E-state index contributed by atoms with van der Waals surface area (Å²) in [4.78, 5) is 14.6. The van der Waals surface area contributed by atoms with Crippen LogP contribution in [0.3, 0.4) is 0 Å². The van der Waals surface area contributed by atoms with Gasteiger partial charge >= 0.3 is 6.36 Å². The lowest BCUT2D eigenvalue weighted by Crippen LogP contribution is -2.22. The van der Waals surface area contributed by atoms with Gasteiger partial charge in [0.2, 0.25) is 0 Å². The van der Waals surface area contributed by atoms with Gasteiger partial charge in [0.15, 0.2) is 5.82 Å². The molecule has 0 N–H and O–H groups in total. The Bertz CT molecular complexity index is 1080. The van der Waals surface area contributed by atoms with Gasteiger partial charge < -0.3 is 9.64 Å². The summed E-state index contributed by atoms with van der Waals surface area (Å²) in [6.07, 6.45) is -1.51. The highest BCUT2D eigenvalue weighted by Crippen LogP contribution is 2.27. The third-order valence-electron chi connectivity index (χ3n) is 5.41. The third kappa shape index (κ3) is 6.47. The van der Waals surface area contributed by atoms with E-state index < -0.39 is 6.36 Å². The summed E-state index contributed by atoms with van der Waals surface area (Å²) in [5, 5.41) is 16.5. The van der Waals surface area contributed by atoms with Crippen molar-refractivity contribution < 1.29 is 22.7 Å². The van der Waals surface area contributed by atoms with Crippen LogP contribution in [0.25, 0.3) is 0 Å². The van der Waals surface area contributed by atoms with Gasteiger partial charge in [-0.25, -0.2) is 0 Å². The summed E-state index contributed by atoms with van der Waals surface area (Å²) < 4.78 is 41.7. The number of anilines is 1. The molecule has 33 heavy (non-hydrogen) atoms. The second-order valence-corrected chi connectivity index (χ2v) is 7.95. The van der Waals surface area contributed by atoms with E-state index in [4.69, 9.17) is 0 Å². The summed E-state index contributed by atoms with van der Waals surface area (Å²) in [6, 6.07) is 13.0. The van der Waals surface area contributed by atoms with Gasteiger partial charge in [0.25, 0.3) is 0 Å². The maximum atomic E-state index is 12.6. The third-order valence-corrected chi connectivity index (χ3v) is 5.41. The zero-order chi connectivity index (χ0) is 23.3. The van der Waals surface area contributed by atoms with E-state index in [1.54, 1.807) is 18.3 Å². The second kappa shape index (κ2) is 9.93. The lowest BCUT2D eigenvalue weighted by atomic mass is 10.0. The number of para-hydroxylation sites is 1. The molecule has 172 valence electrons. The number of rotatable bonds is 8. The van der Waals surface area contributed by atoms with Crippen molar-refractivity contribution in [2.45, 2.75) is 32.0 Å². The van der Waals surface area contributed by atoms with Crippen LogP contribution in [0.2, 0.25) is 0 Å². The van der Waals surface area contributed by atoms with Crippen LogP contribution >= 0.6 is 0 Å². The molecule has 0 amide bonds. The minimum Gasteiger partial charge on any atom is -0.405 e. The summed E-state index contributed by atoms with van der Waals surface area (Å²) in [6.45, 7) is 1.69. The topological polar surface area (TPSA) is 81.1 Å². The summed E-state index contributed by atoms with van der Waals surface area (Å²) in [5.41, 5.74) is 1.61. The number of carbonyl (C=O) groups excluding carboxylic acids is 1. The predicted octanol–water partition coefficient (Wildman–Crippen LogP) is 3.59. The number of aromatic nitrogens is 4. The number of ketones is 1. The van der Waals surface area contributed by atoms with Crippen molar-refractivity contribution in [1.82, 2.24) is 20.4 Å². The van der Waals surface area contributed by atoms with Crippen LogP contribution < -0.4 is 9.64 Å². The van der Waals surface area contributed by atoms with Gasteiger partial charge in [0.1, 0.15) is 11.5 Å². The summed E-state index contributed by atoms with van der Waals surface area (Å²) in [7, 11) is 0. The smallest absolute Gasteiger partial charge is 0.405 e. The van der Waals surface area contributed by atoms with Crippen LogP contribution in [0.5, 0.6) is 5.75 Å². The number of halogens is 3. The van der Waals surface area contributed by atoms with Crippen molar-refractivity contribution >= 4 is 11.6 Å². The van der Waals surface area contributed by atoms with E-state index in [1.807, 2.05) is 18.2 Å². The molecule has 1 aromatic carbocycles. The first-order valence-electron chi connectivity index (χ1n) is 10.6. The first-order valence-corrected chi connectivity index (χ1v) is 10.6. The lowest BCUT2D eigenvalue weighted by Gasteiger charge is -2.17. The molecule has 1 aliphatic rings. The number of Topliss-reactive ketones (excluding diaryl/α,β-unsaturated/α-hetero) is 1. The Morgan fingerprint density at radius 2 is 1.85 bits per heavy atom. The largest absolute Gasteiger partial charge is 0.573 e. The highest BCUT2D eigenvalue weighted by atomic mass is 19.4. The van der Waals surface area contributed by atoms with Gasteiger partial charge in [-0.2, -0.15) is 15.3 Å². The van der Waals surface area contributed by atoms with Crippen LogP contribution in [0.15, 0.2) is 54.7 Å². The fraction of sp³-hybridized carbons (Fsp3) is 0.348. The fourth-order valence-electron chi connectivity index (χ4n) is 3.91. The zero-order valence-corrected chi connectivity index (χ0v) is 17.7. The first kappa shape index (κ1) is 22.6. The van der Waals surface area contributed by atoms with E-state index in [1.165, 1.54) is 18.2 Å². The number of nitrogens with zero attached hydrogens (tertiary/aromatic N) is 5. The average molecular weight is 457 g/mol. The van der Waals surface area contributed by atoms with Crippen LogP contribution in [-0.4, -0.2) is 45.6 Å². The fourth-order valence-corrected chi connectivity index (χ4v) is 3.91. The SMILES string of the molecule is O=C(Cc1ccc(N2CC[C@@H](Cc3cccnn3)C2)nn1)Cc1ccccc1OC(F)(F)F. The Labute approximate surface area is 188 Å². The van der Waals surface area contributed by atoms with Gasteiger partial charge in [0.05, 0.1) is 17.8 Å². The molecule has 2 aromatic heterocycles. The van der Waals surface area contributed by atoms with Gasteiger partial charge in [-0.1, -0.05) is 18.2 Å². The molecule has 7 nitrogen and oxygen atoms in total. The van der Waals surface area contributed by atoms with E-state index in [-0.39, 0.29) is 29.9 Å². The molecule has 4 rings (SSSR count). The molecule has 1 atom stereocenters. The molecule has 1 fully saturated rings. The number of benzene rings is 1. The molecule has 0 radical (unpaired) electrons. The highest BCUT2D eigenvalue weighted by molar-refractivity contribution is 5.83. The van der Waals surface area contributed by atoms with Crippen LogP contribution in [0.1, 0.15) is 23.4 Å². The number of alkyl halides is 3. The molecule has 10 heteroatoms. The molecule has 0 saturated carbocycles. The minimum absolute atomic E-state index is 0.0249. The number of hydrogen-bond donors (Lipinski definition) is 0.